The van der Waals surface area contributed by atoms with E-state index < -0.39 is 10.0 Å². The van der Waals surface area contributed by atoms with Crippen LogP contribution in [0, 0.1) is 13.8 Å². The van der Waals surface area contributed by atoms with E-state index >= 15 is 0 Å². The molecule has 1 aromatic heterocycles. The van der Waals surface area contributed by atoms with E-state index in [1.54, 1.807) is 25.6 Å². The van der Waals surface area contributed by atoms with Gasteiger partial charge in [-0.15, -0.1) is 0 Å². The maximum atomic E-state index is 12.3. The monoisotopic (exact) mass is 274 g/mol. The first-order valence-corrected chi connectivity index (χ1v) is 7.50. The predicted octanol–water partition coefficient (Wildman–Crippen LogP) is 0.443. The molecule has 104 valence electrons. The van der Waals surface area contributed by atoms with Gasteiger partial charge >= 0.3 is 0 Å². The predicted molar refractivity (Wildman–Crippen MR) is 70.8 cm³/mol. The van der Waals surface area contributed by atoms with Crippen molar-refractivity contribution in [1.29, 1.82) is 0 Å². The largest absolute Gasteiger partial charge is 0.330 e. The highest BCUT2D eigenvalue weighted by Crippen LogP contribution is 2.18. The number of aryl methyl sites for hydroxylation is 2. The Bertz CT molecular complexity index is 507. The topological polar surface area (TPSA) is 90.0 Å². The lowest BCUT2D eigenvalue weighted by Crippen LogP contribution is -2.33. The second-order valence-corrected chi connectivity index (χ2v) is 6.23. The van der Waals surface area contributed by atoms with Gasteiger partial charge in [0.05, 0.1) is 11.4 Å². The summed E-state index contributed by atoms with van der Waals surface area (Å²) in [6.07, 6.45) is 1.53. The van der Waals surface area contributed by atoms with Gasteiger partial charge in [-0.2, -0.15) is 5.10 Å². The number of nitrogens with one attached hydrogen (secondary N) is 1. The normalized spacial score (nSPS) is 13.8. The van der Waals surface area contributed by atoms with Crippen molar-refractivity contribution in [3.05, 3.63) is 11.4 Å². The van der Waals surface area contributed by atoms with Crippen LogP contribution in [-0.2, 0) is 17.1 Å². The van der Waals surface area contributed by atoms with Gasteiger partial charge in [0.2, 0.25) is 10.0 Å². The van der Waals surface area contributed by atoms with Gasteiger partial charge in [-0.1, -0.05) is 0 Å². The van der Waals surface area contributed by atoms with Crippen molar-refractivity contribution in [2.24, 2.45) is 12.8 Å². The van der Waals surface area contributed by atoms with Crippen LogP contribution in [-0.4, -0.2) is 30.8 Å². The minimum absolute atomic E-state index is 0.127. The first-order valence-electron chi connectivity index (χ1n) is 6.02. The Hall–Kier alpha value is -0.920. The molecule has 3 N–H and O–H groups in total. The van der Waals surface area contributed by atoms with Crippen LogP contribution in [0.2, 0.25) is 0 Å². The van der Waals surface area contributed by atoms with Crippen LogP contribution in [0.5, 0.6) is 0 Å². The van der Waals surface area contributed by atoms with Gasteiger partial charge in [-0.25, -0.2) is 13.1 Å². The van der Waals surface area contributed by atoms with E-state index in [4.69, 9.17) is 5.73 Å². The first kappa shape index (κ1) is 15.1. The van der Waals surface area contributed by atoms with Gasteiger partial charge in [0.1, 0.15) is 4.90 Å². The van der Waals surface area contributed by atoms with E-state index in [1.807, 2.05) is 6.92 Å². The van der Waals surface area contributed by atoms with E-state index in [2.05, 4.69) is 9.82 Å². The Balaban J connectivity index is 2.93. The lowest BCUT2D eigenvalue weighted by molar-refractivity contribution is 0.538. The SMILES string of the molecule is Cc1nn(C)c(C)c1S(=O)(=O)NC(C)CCCN. The second kappa shape index (κ2) is 5.81. The lowest BCUT2D eigenvalue weighted by Gasteiger charge is -2.13. The van der Waals surface area contributed by atoms with Gasteiger partial charge < -0.3 is 5.73 Å². The second-order valence-electron chi connectivity index (χ2n) is 4.58. The van der Waals surface area contributed by atoms with Gasteiger partial charge in [-0.3, -0.25) is 4.68 Å². The number of sulfonamides is 1. The van der Waals surface area contributed by atoms with Crippen LogP contribution in [0.1, 0.15) is 31.2 Å². The minimum atomic E-state index is -3.50. The lowest BCUT2D eigenvalue weighted by atomic mass is 10.2. The summed E-state index contributed by atoms with van der Waals surface area (Å²) in [5, 5.41) is 4.12. The third kappa shape index (κ3) is 3.30. The highest BCUT2D eigenvalue weighted by atomic mass is 32.2. The summed E-state index contributed by atoms with van der Waals surface area (Å²) < 4.78 is 28.8. The molecule has 0 aliphatic rings. The molecule has 0 aromatic carbocycles. The molecule has 0 saturated heterocycles. The Morgan fingerprint density at radius 3 is 2.50 bits per heavy atom. The summed E-state index contributed by atoms with van der Waals surface area (Å²) in [7, 11) is -1.77. The highest BCUT2D eigenvalue weighted by molar-refractivity contribution is 7.89. The molecule has 0 fully saturated rings. The van der Waals surface area contributed by atoms with Crippen molar-refractivity contribution in [1.82, 2.24) is 14.5 Å². The Labute approximate surface area is 109 Å². The summed E-state index contributed by atoms with van der Waals surface area (Å²) in [4.78, 5) is 0.282. The first-order chi connectivity index (χ1) is 8.29. The average Bonchev–Trinajstić information content (AvgIpc) is 2.49. The van der Waals surface area contributed by atoms with Crippen molar-refractivity contribution in [2.75, 3.05) is 6.54 Å². The maximum absolute atomic E-state index is 12.3. The Morgan fingerprint density at radius 1 is 1.44 bits per heavy atom. The molecule has 0 radical (unpaired) electrons. The van der Waals surface area contributed by atoms with Crippen molar-refractivity contribution in [3.8, 4) is 0 Å². The number of aromatic nitrogens is 2. The molecular weight excluding hydrogens is 252 g/mol. The third-order valence-electron chi connectivity index (χ3n) is 2.91. The average molecular weight is 274 g/mol. The van der Waals surface area contributed by atoms with Crippen LogP contribution in [0.3, 0.4) is 0 Å². The van der Waals surface area contributed by atoms with Gasteiger partial charge in [0.15, 0.2) is 0 Å². The fourth-order valence-corrected chi connectivity index (χ4v) is 3.67. The van der Waals surface area contributed by atoms with Crippen LogP contribution >= 0.6 is 0 Å². The summed E-state index contributed by atoms with van der Waals surface area (Å²) in [5.74, 6) is 0. The van der Waals surface area contributed by atoms with Crippen molar-refractivity contribution in [2.45, 2.75) is 44.6 Å². The zero-order chi connectivity index (χ0) is 13.9. The van der Waals surface area contributed by atoms with Crippen LogP contribution in [0.15, 0.2) is 4.90 Å². The van der Waals surface area contributed by atoms with Crippen molar-refractivity contribution >= 4 is 10.0 Å². The summed E-state index contributed by atoms with van der Waals surface area (Å²) in [6.45, 7) is 5.86. The maximum Gasteiger partial charge on any atom is 0.244 e. The fraction of sp³-hybridized carbons (Fsp3) is 0.727. The van der Waals surface area contributed by atoms with Gasteiger partial charge in [-0.05, 0) is 40.2 Å². The van der Waals surface area contributed by atoms with Crippen molar-refractivity contribution in [3.63, 3.8) is 0 Å². The molecule has 0 amide bonds. The quantitative estimate of drug-likeness (QED) is 0.787. The molecule has 18 heavy (non-hydrogen) atoms. The Morgan fingerprint density at radius 2 is 2.06 bits per heavy atom. The molecule has 0 aliphatic carbocycles. The van der Waals surface area contributed by atoms with E-state index in [0.717, 1.165) is 12.8 Å². The standard InChI is InChI=1S/C11H22N4O2S/c1-8(6-5-7-12)14-18(16,17)11-9(2)13-15(4)10(11)3/h8,14H,5-7,12H2,1-4H3. The van der Waals surface area contributed by atoms with Crippen LogP contribution < -0.4 is 10.5 Å². The molecule has 0 spiro atoms. The number of hydrogen-bond acceptors (Lipinski definition) is 4. The number of hydrogen-bond donors (Lipinski definition) is 2. The number of nitrogens with two attached hydrogens (primary N) is 1. The zero-order valence-electron chi connectivity index (χ0n) is 11.4. The van der Waals surface area contributed by atoms with Crippen LogP contribution in [0.25, 0.3) is 0 Å². The summed E-state index contributed by atoms with van der Waals surface area (Å²) in [5.41, 5.74) is 6.58. The molecule has 0 saturated carbocycles. The van der Waals surface area contributed by atoms with Gasteiger partial charge in [0.25, 0.3) is 0 Å². The molecule has 0 bridgehead atoms. The molecule has 1 atom stereocenters. The van der Waals surface area contributed by atoms with Gasteiger partial charge in [0, 0.05) is 13.1 Å². The minimum Gasteiger partial charge on any atom is -0.330 e. The third-order valence-corrected chi connectivity index (χ3v) is 4.75. The highest BCUT2D eigenvalue weighted by Gasteiger charge is 2.24. The zero-order valence-corrected chi connectivity index (χ0v) is 12.2. The summed E-state index contributed by atoms with van der Waals surface area (Å²) in [6, 6.07) is -0.127. The van der Waals surface area contributed by atoms with Crippen LogP contribution in [0.4, 0.5) is 0 Å². The van der Waals surface area contributed by atoms with E-state index in [-0.39, 0.29) is 10.9 Å². The molecule has 1 unspecified atom stereocenters. The molecule has 6 nitrogen and oxygen atoms in total. The number of rotatable bonds is 6. The van der Waals surface area contributed by atoms with E-state index in [0.29, 0.717) is 17.9 Å². The fourth-order valence-electron chi connectivity index (χ4n) is 1.95. The molecule has 0 aliphatic heterocycles. The van der Waals surface area contributed by atoms with Crippen molar-refractivity contribution < 1.29 is 8.42 Å². The summed E-state index contributed by atoms with van der Waals surface area (Å²) >= 11 is 0. The smallest absolute Gasteiger partial charge is 0.244 e. The van der Waals surface area contributed by atoms with E-state index in [9.17, 15) is 8.42 Å². The molecule has 1 heterocycles. The molecule has 1 rings (SSSR count). The number of nitrogens with zero attached hydrogens (tertiary/aromatic N) is 2. The van der Waals surface area contributed by atoms with E-state index in [1.165, 1.54) is 0 Å². The molecular formula is C11H22N4O2S. The Kier molecular flexibility index (Phi) is 4.89. The molecule has 7 heteroatoms. The molecule has 1 aromatic rings.